The van der Waals surface area contributed by atoms with Gasteiger partial charge in [0.15, 0.2) is 0 Å². The van der Waals surface area contributed by atoms with E-state index >= 15 is 0 Å². The second-order valence-corrected chi connectivity index (χ2v) is 6.07. The van der Waals surface area contributed by atoms with Gasteiger partial charge >= 0.3 is 0 Å². The van der Waals surface area contributed by atoms with E-state index in [0.717, 1.165) is 13.1 Å². The maximum atomic E-state index is 2.35. The average Bonchev–Trinajstić information content (AvgIpc) is 2.96. The zero-order valence-electron chi connectivity index (χ0n) is 14.0. The SMILES string of the molecule is Cc1n(CCCCCCCn2cc[n+](C)c2C)cc[n+]1C. The molecule has 0 aliphatic heterocycles. The molecule has 0 atom stereocenters. The Balaban J connectivity index is 1.56. The number of unbranched alkanes of at least 4 members (excludes halogenated alkanes) is 4. The summed E-state index contributed by atoms with van der Waals surface area (Å²) in [5.74, 6) is 2.68. The molecule has 0 N–H and O–H groups in total. The third-order valence-corrected chi connectivity index (χ3v) is 4.59. The van der Waals surface area contributed by atoms with Gasteiger partial charge in [0.05, 0.1) is 27.2 Å². The summed E-state index contributed by atoms with van der Waals surface area (Å²) in [6, 6.07) is 0. The van der Waals surface area contributed by atoms with E-state index in [1.807, 2.05) is 0 Å². The number of hydrogen-bond donors (Lipinski definition) is 0. The van der Waals surface area contributed by atoms with Gasteiger partial charge in [-0.1, -0.05) is 6.42 Å². The minimum atomic E-state index is 1.15. The van der Waals surface area contributed by atoms with Crippen molar-refractivity contribution in [2.45, 2.75) is 59.0 Å². The largest absolute Gasteiger partial charge is 0.253 e. The molecule has 2 aromatic rings. The van der Waals surface area contributed by atoms with Crippen LogP contribution in [0.5, 0.6) is 0 Å². The summed E-state index contributed by atoms with van der Waals surface area (Å²) >= 11 is 0. The molecule has 2 heterocycles. The van der Waals surface area contributed by atoms with Crippen LogP contribution >= 0.6 is 0 Å². The fourth-order valence-corrected chi connectivity index (χ4v) is 2.76. The molecule has 2 rings (SSSR count). The molecule has 0 radical (unpaired) electrons. The van der Waals surface area contributed by atoms with Crippen LogP contribution < -0.4 is 9.13 Å². The number of aromatic nitrogens is 4. The normalized spacial score (nSPS) is 11.2. The van der Waals surface area contributed by atoms with Gasteiger partial charge in [-0.2, -0.15) is 0 Å². The summed E-state index contributed by atoms with van der Waals surface area (Å²) in [5, 5.41) is 0. The molecule has 116 valence electrons. The van der Waals surface area contributed by atoms with Crippen molar-refractivity contribution >= 4 is 0 Å². The summed E-state index contributed by atoms with van der Waals surface area (Å²) in [5.41, 5.74) is 0. The molecule has 0 saturated heterocycles. The molecule has 0 spiro atoms. The average molecular weight is 290 g/mol. The lowest BCUT2D eigenvalue weighted by molar-refractivity contribution is -0.677. The van der Waals surface area contributed by atoms with Crippen molar-refractivity contribution in [1.29, 1.82) is 0 Å². The maximum absolute atomic E-state index is 2.35. The van der Waals surface area contributed by atoms with Gasteiger partial charge in [0.25, 0.3) is 11.6 Å². The van der Waals surface area contributed by atoms with E-state index in [4.69, 9.17) is 0 Å². The van der Waals surface area contributed by atoms with Gasteiger partial charge in [-0.05, 0) is 25.7 Å². The fourth-order valence-electron chi connectivity index (χ4n) is 2.76. The molecule has 0 amide bonds. The van der Waals surface area contributed by atoms with Gasteiger partial charge in [-0.15, -0.1) is 0 Å². The Kier molecular flexibility index (Phi) is 5.59. The molecule has 0 bridgehead atoms. The van der Waals surface area contributed by atoms with Crippen LogP contribution in [-0.4, -0.2) is 9.13 Å². The molecule has 21 heavy (non-hydrogen) atoms. The van der Waals surface area contributed by atoms with Crippen LogP contribution in [0.4, 0.5) is 0 Å². The Morgan fingerprint density at radius 2 is 1.10 bits per heavy atom. The third kappa shape index (κ3) is 4.19. The molecule has 4 nitrogen and oxygen atoms in total. The Morgan fingerprint density at radius 3 is 1.43 bits per heavy atom. The Bertz CT molecular complexity index is 515. The van der Waals surface area contributed by atoms with E-state index in [9.17, 15) is 0 Å². The Hall–Kier alpha value is -1.58. The standard InChI is InChI=1S/C17H30N4/c1-16-18(3)12-14-20(16)10-8-6-5-7-9-11-21-15-13-19(4)17(21)2/h12-15H,5-11H2,1-4H3/q+2. The van der Waals surface area contributed by atoms with Gasteiger partial charge in [0.2, 0.25) is 0 Å². The zero-order valence-corrected chi connectivity index (χ0v) is 14.0. The lowest BCUT2D eigenvalue weighted by Crippen LogP contribution is -2.29. The van der Waals surface area contributed by atoms with Crippen molar-refractivity contribution < 1.29 is 9.13 Å². The second kappa shape index (κ2) is 7.43. The van der Waals surface area contributed by atoms with Crippen LogP contribution in [0.3, 0.4) is 0 Å². The first kappa shape index (κ1) is 15.8. The predicted octanol–water partition coefficient (Wildman–Crippen LogP) is 2.21. The highest BCUT2D eigenvalue weighted by atomic mass is 15.1. The van der Waals surface area contributed by atoms with E-state index in [2.05, 4.69) is 71.0 Å². The van der Waals surface area contributed by atoms with Gasteiger partial charge in [0, 0.05) is 13.8 Å². The topological polar surface area (TPSA) is 17.6 Å². The van der Waals surface area contributed by atoms with Crippen molar-refractivity contribution in [2.24, 2.45) is 14.1 Å². The second-order valence-electron chi connectivity index (χ2n) is 6.07. The van der Waals surface area contributed by atoms with Crippen LogP contribution in [0, 0.1) is 13.8 Å². The monoisotopic (exact) mass is 290 g/mol. The summed E-state index contributed by atoms with van der Waals surface area (Å²) < 4.78 is 9.06. The molecule has 4 heteroatoms. The van der Waals surface area contributed by atoms with Crippen LogP contribution in [0.25, 0.3) is 0 Å². The van der Waals surface area contributed by atoms with E-state index < -0.39 is 0 Å². The van der Waals surface area contributed by atoms with E-state index in [0.29, 0.717) is 0 Å². The van der Waals surface area contributed by atoms with Crippen molar-refractivity contribution in [3.8, 4) is 0 Å². The summed E-state index contributed by atoms with van der Waals surface area (Å²) in [7, 11) is 4.21. The molecular weight excluding hydrogens is 260 g/mol. The van der Waals surface area contributed by atoms with Gasteiger partial charge in [-0.3, -0.25) is 0 Å². The number of aryl methyl sites for hydroxylation is 4. The third-order valence-electron chi connectivity index (χ3n) is 4.59. The minimum Gasteiger partial charge on any atom is -0.237 e. The first-order chi connectivity index (χ1) is 10.1. The van der Waals surface area contributed by atoms with Crippen LogP contribution in [0.15, 0.2) is 24.8 Å². The molecule has 2 aromatic heterocycles. The van der Waals surface area contributed by atoms with Crippen LogP contribution in [0.2, 0.25) is 0 Å². The van der Waals surface area contributed by atoms with Crippen LogP contribution in [0.1, 0.15) is 43.8 Å². The van der Waals surface area contributed by atoms with E-state index in [1.165, 1.54) is 43.8 Å². The number of imidazole rings is 2. The lowest BCUT2D eigenvalue weighted by atomic mass is 10.1. The van der Waals surface area contributed by atoms with E-state index in [1.54, 1.807) is 0 Å². The summed E-state index contributed by atoms with van der Waals surface area (Å²) in [4.78, 5) is 0. The fraction of sp³-hybridized carbons (Fsp3) is 0.647. The summed E-state index contributed by atoms with van der Waals surface area (Å²) in [6.07, 6.45) is 15.2. The van der Waals surface area contributed by atoms with Crippen molar-refractivity contribution in [2.75, 3.05) is 0 Å². The molecule has 0 saturated carbocycles. The number of hydrogen-bond acceptors (Lipinski definition) is 0. The molecule has 0 fully saturated rings. The first-order valence-corrected chi connectivity index (χ1v) is 8.12. The summed E-state index contributed by atoms with van der Waals surface area (Å²) in [6.45, 7) is 6.66. The van der Waals surface area contributed by atoms with Crippen molar-refractivity contribution in [3.63, 3.8) is 0 Å². The maximum Gasteiger partial charge on any atom is 0.253 e. The van der Waals surface area contributed by atoms with Crippen molar-refractivity contribution in [3.05, 3.63) is 36.4 Å². The van der Waals surface area contributed by atoms with E-state index in [-0.39, 0.29) is 0 Å². The first-order valence-electron chi connectivity index (χ1n) is 8.12. The van der Waals surface area contributed by atoms with Gasteiger partial charge in [-0.25, -0.2) is 18.3 Å². The molecule has 0 aromatic carbocycles. The molecule has 0 aliphatic rings. The van der Waals surface area contributed by atoms with Crippen LogP contribution in [-0.2, 0) is 27.2 Å². The van der Waals surface area contributed by atoms with Gasteiger partial charge < -0.3 is 0 Å². The van der Waals surface area contributed by atoms with Gasteiger partial charge in [0.1, 0.15) is 24.8 Å². The highest BCUT2D eigenvalue weighted by Crippen LogP contribution is 2.07. The highest BCUT2D eigenvalue weighted by molar-refractivity contribution is 4.79. The Morgan fingerprint density at radius 1 is 0.714 bits per heavy atom. The smallest absolute Gasteiger partial charge is 0.237 e. The highest BCUT2D eigenvalue weighted by Gasteiger charge is 2.08. The lowest BCUT2D eigenvalue weighted by Gasteiger charge is -2.02. The number of rotatable bonds is 8. The zero-order chi connectivity index (χ0) is 15.2. The predicted molar refractivity (Wildman–Crippen MR) is 83.8 cm³/mol. The number of nitrogens with zero attached hydrogens (tertiary/aromatic N) is 4. The minimum absolute atomic E-state index is 1.15. The van der Waals surface area contributed by atoms with Crippen molar-refractivity contribution in [1.82, 2.24) is 9.13 Å². The quantitative estimate of drug-likeness (QED) is 0.524. The molecule has 0 unspecified atom stereocenters. The Labute approximate surface area is 128 Å². The molecular formula is C17H30N4+2. The molecule has 0 aliphatic carbocycles.